The first-order valence-electron chi connectivity index (χ1n) is 8.19. The Kier molecular flexibility index (Phi) is 3.50. The highest BCUT2D eigenvalue weighted by Crippen LogP contribution is 2.30. The molecular weight excluding hydrogens is 286 g/mol. The van der Waals surface area contributed by atoms with E-state index in [0.29, 0.717) is 6.54 Å². The van der Waals surface area contributed by atoms with Gasteiger partial charge in [0.25, 0.3) is 0 Å². The van der Waals surface area contributed by atoms with Gasteiger partial charge in [-0.3, -0.25) is 0 Å². The summed E-state index contributed by atoms with van der Waals surface area (Å²) in [6, 6.07) is 10.5. The molecule has 5 nitrogen and oxygen atoms in total. The quantitative estimate of drug-likeness (QED) is 0.777. The van der Waals surface area contributed by atoms with E-state index >= 15 is 0 Å². The molecule has 1 aromatic carbocycles. The molecule has 2 aromatic heterocycles. The van der Waals surface area contributed by atoms with Crippen LogP contribution in [-0.2, 0) is 12.8 Å². The van der Waals surface area contributed by atoms with Gasteiger partial charge in [0.05, 0.1) is 5.69 Å². The van der Waals surface area contributed by atoms with Crippen molar-refractivity contribution in [3.63, 3.8) is 0 Å². The molecule has 23 heavy (non-hydrogen) atoms. The number of benzene rings is 1. The minimum atomic E-state index is 0.602. The van der Waals surface area contributed by atoms with Gasteiger partial charge >= 0.3 is 0 Å². The maximum atomic E-state index is 5.67. The minimum Gasteiger partial charge on any atom is -0.368 e. The van der Waals surface area contributed by atoms with Crippen LogP contribution in [-0.4, -0.2) is 27.7 Å². The fourth-order valence-electron chi connectivity index (χ4n) is 3.23. The Labute approximate surface area is 135 Å². The van der Waals surface area contributed by atoms with Gasteiger partial charge in [-0.25, -0.2) is 4.98 Å². The van der Waals surface area contributed by atoms with E-state index in [2.05, 4.69) is 42.6 Å². The topological polar surface area (TPSA) is 68.2 Å². The molecule has 3 aromatic rings. The van der Waals surface area contributed by atoms with Crippen LogP contribution < -0.4 is 11.1 Å². The third kappa shape index (κ3) is 2.47. The summed E-state index contributed by atoms with van der Waals surface area (Å²) >= 11 is 0. The average molecular weight is 307 g/mol. The van der Waals surface area contributed by atoms with Crippen LogP contribution in [0.15, 0.2) is 30.3 Å². The number of aromatic nitrogens is 3. The second-order valence-corrected chi connectivity index (χ2v) is 6.12. The zero-order valence-electron chi connectivity index (χ0n) is 13.3. The lowest BCUT2D eigenvalue weighted by atomic mass is 10.1. The first kappa shape index (κ1) is 14.2. The van der Waals surface area contributed by atoms with E-state index in [4.69, 9.17) is 15.8 Å². The van der Waals surface area contributed by atoms with E-state index in [1.54, 1.807) is 0 Å². The molecule has 0 saturated heterocycles. The zero-order valence-corrected chi connectivity index (χ0v) is 13.3. The van der Waals surface area contributed by atoms with Crippen LogP contribution in [0.1, 0.15) is 23.2 Å². The highest BCUT2D eigenvalue weighted by atomic mass is 15.3. The number of nitrogens with two attached hydrogens (primary N) is 1. The number of fused-ring (bicyclic) bond motifs is 2. The molecule has 0 unspecified atom stereocenters. The Balaban J connectivity index is 1.86. The van der Waals surface area contributed by atoms with E-state index in [-0.39, 0.29) is 0 Å². The average Bonchev–Trinajstić information content (AvgIpc) is 3.18. The molecule has 0 aliphatic heterocycles. The summed E-state index contributed by atoms with van der Waals surface area (Å²) in [5.74, 6) is 1.06. The summed E-state index contributed by atoms with van der Waals surface area (Å²) in [4.78, 5) is 4.82. The van der Waals surface area contributed by atoms with Gasteiger partial charge in [-0.2, -0.15) is 9.61 Å². The van der Waals surface area contributed by atoms with E-state index in [0.717, 1.165) is 48.5 Å². The standard InChI is InChI=1S/C18H21N5/c1-12-5-7-13(8-6-12)16-11-17-21-15-4-2-3-14(15)18(20-10-9-19)23(17)22-16/h5-8,11,20H,2-4,9-10,19H2,1H3. The summed E-state index contributed by atoms with van der Waals surface area (Å²) in [5.41, 5.74) is 12.4. The molecule has 0 radical (unpaired) electrons. The molecule has 3 N–H and O–H groups in total. The smallest absolute Gasteiger partial charge is 0.158 e. The zero-order chi connectivity index (χ0) is 15.8. The summed E-state index contributed by atoms with van der Waals surface area (Å²) in [7, 11) is 0. The van der Waals surface area contributed by atoms with Gasteiger partial charge in [0.2, 0.25) is 0 Å². The van der Waals surface area contributed by atoms with Crippen LogP contribution in [0.2, 0.25) is 0 Å². The lowest BCUT2D eigenvalue weighted by Gasteiger charge is -2.12. The van der Waals surface area contributed by atoms with Crippen molar-refractivity contribution in [2.75, 3.05) is 18.4 Å². The number of aryl methyl sites for hydroxylation is 2. The van der Waals surface area contributed by atoms with Crippen molar-refractivity contribution in [1.82, 2.24) is 14.6 Å². The first-order valence-corrected chi connectivity index (χ1v) is 8.19. The molecule has 5 heteroatoms. The first-order chi connectivity index (χ1) is 11.3. The van der Waals surface area contributed by atoms with Gasteiger partial charge in [0.15, 0.2) is 5.65 Å². The van der Waals surface area contributed by atoms with Crippen molar-refractivity contribution < 1.29 is 0 Å². The summed E-state index contributed by atoms with van der Waals surface area (Å²) in [5, 5.41) is 8.24. The van der Waals surface area contributed by atoms with Gasteiger partial charge in [0.1, 0.15) is 5.82 Å². The van der Waals surface area contributed by atoms with E-state index in [9.17, 15) is 0 Å². The molecule has 0 saturated carbocycles. The highest BCUT2D eigenvalue weighted by molar-refractivity contribution is 5.67. The van der Waals surface area contributed by atoms with Crippen molar-refractivity contribution in [2.24, 2.45) is 5.73 Å². The van der Waals surface area contributed by atoms with Crippen LogP contribution in [0.3, 0.4) is 0 Å². The monoisotopic (exact) mass is 307 g/mol. The van der Waals surface area contributed by atoms with Crippen LogP contribution in [0.5, 0.6) is 0 Å². The van der Waals surface area contributed by atoms with Crippen molar-refractivity contribution in [3.8, 4) is 11.3 Å². The van der Waals surface area contributed by atoms with Gasteiger partial charge in [-0.05, 0) is 26.2 Å². The number of hydrogen-bond acceptors (Lipinski definition) is 4. The molecule has 2 heterocycles. The summed E-state index contributed by atoms with van der Waals surface area (Å²) < 4.78 is 1.94. The lowest BCUT2D eigenvalue weighted by Crippen LogP contribution is -2.17. The fourth-order valence-corrected chi connectivity index (χ4v) is 3.23. The molecule has 0 atom stereocenters. The molecule has 0 bridgehead atoms. The Morgan fingerprint density at radius 3 is 2.83 bits per heavy atom. The number of nitrogens with one attached hydrogen (secondary N) is 1. The largest absolute Gasteiger partial charge is 0.368 e. The van der Waals surface area contributed by atoms with Crippen LogP contribution in [0.25, 0.3) is 16.9 Å². The van der Waals surface area contributed by atoms with Crippen molar-refractivity contribution in [3.05, 3.63) is 47.2 Å². The van der Waals surface area contributed by atoms with Crippen molar-refractivity contribution in [1.29, 1.82) is 0 Å². The van der Waals surface area contributed by atoms with E-state index < -0.39 is 0 Å². The van der Waals surface area contributed by atoms with Gasteiger partial charge in [-0.1, -0.05) is 29.8 Å². The second-order valence-electron chi connectivity index (χ2n) is 6.12. The Bertz CT molecular complexity index is 848. The van der Waals surface area contributed by atoms with Crippen LogP contribution in [0.4, 0.5) is 5.82 Å². The van der Waals surface area contributed by atoms with Crippen LogP contribution >= 0.6 is 0 Å². The molecular formula is C18H21N5. The highest BCUT2D eigenvalue weighted by Gasteiger charge is 2.21. The Morgan fingerprint density at radius 2 is 2.04 bits per heavy atom. The Hall–Kier alpha value is -2.40. The maximum absolute atomic E-state index is 5.67. The minimum absolute atomic E-state index is 0.602. The predicted molar refractivity (Wildman–Crippen MR) is 92.7 cm³/mol. The number of nitrogens with zero attached hydrogens (tertiary/aromatic N) is 3. The number of rotatable bonds is 4. The molecule has 0 amide bonds. The lowest BCUT2D eigenvalue weighted by molar-refractivity contribution is 0.894. The normalized spacial score (nSPS) is 13.5. The molecule has 0 spiro atoms. The second kappa shape index (κ2) is 5.66. The summed E-state index contributed by atoms with van der Waals surface area (Å²) in [6.45, 7) is 3.43. The van der Waals surface area contributed by atoms with Gasteiger partial charge in [0, 0.05) is 36.0 Å². The molecule has 1 aliphatic carbocycles. The van der Waals surface area contributed by atoms with Crippen molar-refractivity contribution in [2.45, 2.75) is 26.2 Å². The third-order valence-electron chi connectivity index (χ3n) is 4.41. The molecule has 4 rings (SSSR count). The Morgan fingerprint density at radius 1 is 1.22 bits per heavy atom. The predicted octanol–water partition coefficient (Wildman–Crippen LogP) is 2.56. The van der Waals surface area contributed by atoms with Crippen LogP contribution in [0, 0.1) is 6.92 Å². The third-order valence-corrected chi connectivity index (χ3v) is 4.41. The summed E-state index contributed by atoms with van der Waals surface area (Å²) in [6.07, 6.45) is 3.27. The molecule has 1 aliphatic rings. The maximum Gasteiger partial charge on any atom is 0.158 e. The van der Waals surface area contributed by atoms with E-state index in [1.165, 1.54) is 16.8 Å². The number of anilines is 1. The SMILES string of the molecule is Cc1ccc(-c2cc3nc4c(c(NCCN)n3n2)CCC4)cc1. The van der Waals surface area contributed by atoms with Gasteiger partial charge in [-0.15, -0.1) is 0 Å². The molecule has 118 valence electrons. The fraction of sp³-hybridized carbons (Fsp3) is 0.333. The molecule has 0 fully saturated rings. The number of hydrogen-bond donors (Lipinski definition) is 2. The van der Waals surface area contributed by atoms with Crippen molar-refractivity contribution >= 4 is 11.5 Å². The van der Waals surface area contributed by atoms with E-state index in [1.807, 2.05) is 4.52 Å². The van der Waals surface area contributed by atoms with Gasteiger partial charge < -0.3 is 11.1 Å².